The van der Waals surface area contributed by atoms with Crippen LogP contribution >= 0.6 is 11.6 Å². The molecule has 0 aromatic heterocycles. The van der Waals surface area contributed by atoms with E-state index in [1.807, 2.05) is 30.3 Å². The maximum Gasteiger partial charge on any atom is 0.312 e. The van der Waals surface area contributed by atoms with Crippen LogP contribution in [0.3, 0.4) is 0 Å². The summed E-state index contributed by atoms with van der Waals surface area (Å²) >= 11 is 6.39. The predicted molar refractivity (Wildman–Crippen MR) is 141 cm³/mol. The van der Waals surface area contributed by atoms with Gasteiger partial charge in [0.05, 0.1) is 30.9 Å². The highest BCUT2D eigenvalue weighted by atomic mass is 35.5. The highest BCUT2D eigenvalue weighted by Gasteiger charge is 2.74. The van der Waals surface area contributed by atoms with Crippen LogP contribution in [0.4, 0.5) is 5.69 Å². The summed E-state index contributed by atoms with van der Waals surface area (Å²) in [6.07, 6.45) is 4.41. The molecule has 0 aliphatic carbocycles. The molecule has 38 heavy (non-hydrogen) atoms. The third-order valence-corrected chi connectivity index (χ3v) is 7.81. The van der Waals surface area contributed by atoms with E-state index in [0.717, 1.165) is 5.56 Å². The van der Waals surface area contributed by atoms with Gasteiger partial charge >= 0.3 is 5.97 Å². The van der Waals surface area contributed by atoms with E-state index in [0.29, 0.717) is 11.3 Å². The molecule has 0 radical (unpaired) electrons. The summed E-state index contributed by atoms with van der Waals surface area (Å²) < 4.78 is 11.7. The first-order valence-corrected chi connectivity index (χ1v) is 12.9. The number of halogens is 1. The number of nitrogens with zero attached hydrogens (tertiary/aromatic N) is 2. The van der Waals surface area contributed by atoms with Crippen molar-refractivity contribution in [3.63, 3.8) is 0 Å². The van der Waals surface area contributed by atoms with Gasteiger partial charge in [0, 0.05) is 23.7 Å². The van der Waals surface area contributed by atoms with Gasteiger partial charge in [-0.1, -0.05) is 66.2 Å². The molecule has 9 heteroatoms. The van der Waals surface area contributed by atoms with E-state index in [1.165, 1.54) is 4.90 Å². The first-order valence-electron chi connectivity index (χ1n) is 12.6. The Bertz CT molecular complexity index is 1300. The van der Waals surface area contributed by atoms with Crippen molar-refractivity contribution < 1.29 is 29.0 Å². The SMILES string of the molecule is C=CCN(Cc1ccccc1)C(=O)[C@@H]1N(c2cccc(Cl)c2CO)C(=O)[C@H]2[C@H](C(=O)OCC)[C@@H]3C=C[C@]12O3. The molecule has 5 rings (SSSR count). The number of fused-ring (bicyclic) bond motifs is 1. The van der Waals surface area contributed by atoms with Crippen LogP contribution in [0, 0.1) is 11.8 Å². The lowest BCUT2D eigenvalue weighted by Crippen LogP contribution is -2.56. The van der Waals surface area contributed by atoms with Crippen molar-refractivity contribution in [2.24, 2.45) is 11.8 Å². The second kappa shape index (κ2) is 10.4. The lowest BCUT2D eigenvalue weighted by molar-refractivity contribution is -0.151. The lowest BCUT2D eigenvalue weighted by atomic mass is 9.74. The molecule has 3 heterocycles. The van der Waals surface area contributed by atoms with Crippen molar-refractivity contribution in [1.82, 2.24) is 4.90 Å². The van der Waals surface area contributed by atoms with Gasteiger partial charge < -0.3 is 19.5 Å². The van der Waals surface area contributed by atoms with Gasteiger partial charge in [-0.15, -0.1) is 6.58 Å². The fraction of sp³-hybridized carbons (Fsp3) is 0.345. The van der Waals surface area contributed by atoms with Gasteiger partial charge in [0.25, 0.3) is 0 Å². The van der Waals surface area contributed by atoms with Crippen LogP contribution in [-0.4, -0.2) is 58.7 Å². The quantitative estimate of drug-likeness (QED) is 0.390. The van der Waals surface area contributed by atoms with Crippen LogP contribution in [0.25, 0.3) is 0 Å². The largest absolute Gasteiger partial charge is 0.466 e. The molecule has 2 fully saturated rings. The minimum atomic E-state index is -1.39. The number of rotatable bonds is 9. The number of hydrogen-bond donors (Lipinski definition) is 1. The molecule has 198 valence electrons. The maximum atomic E-state index is 14.4. The number of benzene rings is 2. The Labute approximate surface area is 226 Å². The molecule has 3 aliphatic rings. The predicted octanol–water partition coefficient (Wildman–Crippen LogP) is 3.27. The van der Waals surface area contributed by atoms with Crippen molar-refractivity contribution in [2.75, 3.05) is 18.1 Å². The number of anilines is 1. The Kier molecular flexibility index (Phi) is 7.13. The molecule has 2 amide bonds. The number of amides is 2. The van der Waals surface area contributed by atoms with Crippen LogP contribution in [0.5, 0.6) is 0 Å². The summed E-state index contributed by atoms with van der Waals surface area (Å²) in [5.41, 5.74) is 0.124. The van der Waals surface area contributed by atoms with Crippen molar-refractivity contribution in [3.05, 3.63) is 89.5 Å². The fourth-order valence-corrected chi connectivity index (χ4v) is 6.14. The number of aliphatic hydroxyl groups is 1. The fourth-order valence-electron chi connectivity index (χ4n) is 5.92. The molecule has 1 N–H and O–H groups in total. The van der Waals surface area contributed by atoms with Gasteiger partial charge in [-0.2, -0.15) is 0 Å². The average molecular weight is 537 g/mol. The third-order valence-electron chi connectivity index (χ3n) is 7.46. The molecule has 8 nitrogen and oxygen atoms in total. The lowest BCUT2D eigenvalue weighted by Gasteiger charge is -2.36. The number of ether oxygens (including phenoxy) is 2. The minimum absolute atomic E-state index is 0.152. The van der Waals surface area contributed by atoms with Crippen molar-refractivity contribution >= 4 is 35.1 Å². The Morgan fingerprint density at radius 2 is 2.00 bits per heavy atom. The molecule has 3 aliphatic heterocycles. The van der Waals surface area contributed by atoms with Crippen molar-refractivity contribution in [2.45, 2.75) is 37.8 Å². The Morgan fingerprint density at radius 1 is 1.24 bits per heavy atom. The molecule has 2 aromatic carbocycles. The van der Waals surface area contributed by atoms with E-state index in [9.17, 15) is 19.5 Å². The Morgan fingerprint density at radius 3 is 2.68 bits per heavy atom. The van der Waals surface area contributed by atoms with E-state index < -0.39 is 48.1 Å². The number of carbonyl (C=O) groups excluding carboxylic acids is 3. The molecule has 2 bridgehead atoms. The van der Waals surface area contributed by atoms with Gasteiger partial charge in [-0.25, -0.2) is 0 Å². The molecular weight excluding hydrogens is 508 g/mol. The highest BCUT2D eigenvalue weighted by molar-refractivity contribution is 6.32. The monoisotopic (exact) mass is 536 g/mol. The van der Waals surface area contributed by atoms with E-state index in [2.05, 4.69) is 6.58 Å². The first-order chi connectivity index (χ1) is 18.4. The van der Waals surface area contributed by atoms with Gasteiger partial charge in [0.1, 0.15) is 17.6 Å². The van der Waals surface area contributed by atoms with Crippen LogP contribution in [0.2, 0.25) is 5.02 Å². The summed E-state index contributed by atoms with van der Waals surface area (Å²) in [4.78, 5) is 44.6. The zero-order chi connectivity index (χ0) is 27.0. The summed E-state index contributed by atoms with van der Waals surface area (Å²) in [7, 11) is 0. The molecule has 2 saturated heterocycles. The smallest absolute Gasteiger partial charge is 0.312 e. The normalized spacial score (nSPS) is 26.9. The molecule has 2 aromatic rings. The first kappa shape index (κ1) is 26.2. The number of aliphatic hydroxyl groups excluding tert-OH is 1. The zero-order valence-corrected chi connectivity index (χ0v) is 21.7. The molecule has 5 atom stereocenters. The van der Waals surface area contributed by atoms with Crippen molar-refractivity contribution in [1.29, 1.82) is 0 Å². The van der Waals surface area contributed by atoms with Crippen LogP contribution in [0.1, 0.15) is 18.1 Å². The molecule has 1 spiro atoms. The molecular formula is C29H29ClN2O6. The van der Waals surface area contributed by atoms with Gasteiger partial charge in [0.2, 0.25) is 11.8 Å². The number of carbonyl (C=O) groups is 3. The zero-order valence-electron chi connectivity index (χ0n) is 21.0. The molecule has 0 unspecified atom stereocenters. The van der Waals surface area contributed by atoms with Crippen molar-refractivity contribution in [3.8, 4) is 0 Å². The summed E-state index contributed by atoms with van der Waals surface area (Å²) in [6.45, 7) is 5.73. The van der Waals surface area contributed by atoms with E-state index in [4.69, 9.17) is 21.1 Å². The standard InChI is InChI=1S/C29H29ClN2O6/c1-3-15-31(16-18-9-6-5-7-10-18)27(35)25-29-14-13-22(38-29)23(28(36)37-4-2)24(29)26(34)32(25)21-12-8-11-20(30)19(21)17-33/h3,5-14,22-25,33H,1,4,15-17H2,2H3/t22-,23+,24+,25-,29+/m0/s1. The van der Waals surface area contributed by atoms with E-state index >= 15 is 0 Å². The summed E-state index contributed by atoms with van der Waals surface area (Å²) in [5.74, 6) is -3.24. The maximum absolute atomic E-state index is 14.4. The summed E-state index contributed by atoms with van der Waals surface area (Å²) in [5, 5.41) is 10.4. The summed E-state index contributed by atoms with van der Waals surface area (Å²) in [6, 6.07) is 13.3. The average Bonchev–Trinajstić information content (AvgIpc) is 3.56. The van der Waals surface area contributed by atoms with Crippen LogP contribution in [-0.2, 0) is 37.0 Å². The third kappa shape index (κ3) is 4.04. The molecule has 0 saturated carbocycles. The van der Waals surface area contributed by atoms with E-state index in [-0.39, 0.29) is 30.6 Å². The Hall–Kier alpha value is -3.46. The second-order valence-electron chi connectivity index (χ2n) is 9.55. The van der Waals surface area contributed by atoms with Gasteiger partial charge in [-0.05, 0) is 24.6 Å². The Balaban J connectivity index is 1.64. The van der Waals surface area contributed by atoms with Gasteiger partial charge in [-0.3, -0.25) is 19.3 Å². The number of hydrogen-bond acceptors (Lipinski definition) is 6. The van der Waals surface area contributed by atoms with Gasteiger partial charge in [0.15, 0.2) is 0 Å². The minimum Gasteiger partial charge on any atom is -0.466 e. The topological polar surface area (TPSA) is 96.4 Å². The second-order valence-corrected chi connectivity index (χ2v) is 9.96. The number of esters is 1. The van der Waals surface area contributed by atoms with Crippen LogP contribution < -0.4 is 4.90 Å². The van der Waals surface area contributed by atoms with Crippen LogP contribution in [0.15, 0.2) is 73.3 Å². The van der Waals surface area contributed by atoms with E-state index in [1.54, 1.807) is 48.3 Å². The highest BCUT2D eigenvalue weighted by Crippen LogP contribution is 2.57.